The second kappa shape index (κ2) is 9.17. The minimum absolute atomic E-state index is 0.369. The first-order valence-corrected chi connectivity index (χ1v) is 9.60. The van der Waals surface area contributed by atoms with E-state index >= 15 is 0 Å². The summed E-state index contributed by atoms with van der Waals surface area (Å²) in [7, 11) is 0. The Morgan fingerprint density at radius 2 is 1.41 bits per heavy atom. The van der Waals surface area contributed by atoms with E-state index in [4.69, 9.17) is 9.47 Å². The van der Waals surface area contributed by atoms with Crippen LogP contribution in [0.2, 0.25) is 5.32 Å². The summed E-state index contributed by atoms with van der Waals surface area (Å²) in [5.41, 5.74) is 1.18. The van der Waals surface area contributed by atoms with Crippen molar-refractivity contribution in [2.75, 3.05) is 0 Å². The van der Waals surface area contributed by atoms with Crippen molar-refractivity contribution in [1.82, 2.24) is 0 Å². The molecule has 3 rings (SSSR count). The van der Waals surface area contributed by atoms with Gasteiger partial charge in [-0.1, -0.05) is 0 Å². The van der Waals surface area contributed by atoms with Crippen molar-refractivity contribution >= 4 is 28.0 Å². The summed E-state index contributed by atoms with van der Waals surface area (Å²) in [6.07, 6.45) is 0. The number of hydrogen-bond acceptors (Lipinski definition) is 4. The molecule has 3 aromatic rings. The fourth-order valence-electron chi connectivity index (χ4n) is 2.51. The second-order valence-corrected chi connectivity index (χ2v) is 6.48. The monoisotopic (exact) mass is 425 g/mol. The average Bonchev–Trinajstić information content (AvgIpc) is 2.70. The third-order valence-corrected chi connectivity index (χ3v) is 4.59. The standard InChI is InChI=1S/C22H17O4Se/c23-21(16-8-3-1-4-9-16)26-19-13-7-10-17(14-19)20(15-27)22(24)25-18-11-5-2-6-12-18/h1-14,20H,15H2. The number of esters is 2. The van der Waals surface area contributed by atoms with Crippen molar-refractivity contribution in [3.05, 3.63) is 96.1 Å². The average molecular weight is 424 g/mol. The maximum atomic E-state index is 12.5. The number of hydrogen-bond donors (Lipinski definition) is 0. The van der Waals surface area contributed by atoms with Crippen LogP contribution in [0.5, 0.6) is 11.5 Å². The van der Waals surface area contributed by atoms with E-state index in [0.29, 0.717) is 27.9 Å². The molecule has 27 heavy (non-hydrogen) atoms. The van der Waals surface area contributed by atoms with Crippen molar-refractivity contribution < 1.29 is 19.1 Å². The zero-order chi connectivity index (χ0) is 19.1. The Labute approximate surface area is 165 Å². The van der Waals surface area contributed by atoms with Crippen molar-refractivity contribution in [1.29, 1.82) is 0 Å². The van der Waals surface area contributed by atoms with Gasteiger partial charge in [-0.05, 0) is 0 Å². The number of carbonyl (C=O) groups excluding carboxylic acids is 2. The van der Waals surface area contributed by atoms with Crippen molar-refractivity contribution in [3.63, 3.8) is 0 Å². The van der Waals surface area contributed by atoms with Crippen LogP contribution < -0.4 is 9.47 Å². The summed E-state index contributed by atoms with van der Waals surface area (Å²) in [4.78, 5) is 24.8. The molecular weight excluding hydrogens is 407 g/mol. The van der Waals surface area contributed by atoms with Gasteiger partial charge < -0.3 is 0 Å². The van der Waals surface area contributed by atoms with Crippen LogP contribution >= 0.6 is 0 Å². The van der Waals surface area contributed by atoms with Crippen molar-refractivity contribution in [2.24, 2.45) is 0 Å². The molecule has 0 N–H and O–H groups in total. The van der Waals surface area contributed by atoms with Gasteiger partial charge >= 0.3 is 166 Å². The van der Waals surface area contributed by atoms with Gasteiger partial charge in [-0.2, -0.15) is 0 Å². The van der Waals surface area contributed by atoms with Gasteiger partial charge in [0.2, 0.25) is 0 Å². The molecule has 0 bridgehead atoms. The Morgan fingerprint density at radius 1 is 0.778 bits per heavy atom. The summed E-state index contributed by atoms with van der Waals surface area (Å²) in [5, 5.41) is 0.446. The number of para-hydroxylation sites is 1. The third-order valence-electron chi connectivity index (χ3n) is 3.89. The molecule has 5 heteroatoms. The van der Waals surface area contributed by atoms with E-state index in [2.05, 4.69) is 16.0 Å². The minimum atomic E-state index is -0.499. The number of rotatable bonds is 6. The molecule has 4 nitrogen and oxygen atoms in total. The van der Waals surface area contributed by atoms with Crippen LogP contribution in [0, 0.1) is 0 Å². The molecule has 1 unspecified atom stereocenters. The van der Waals surface area contributed by atoms with Crippen molar-refractivity contribution in [3.8, 4) is 11.5 Å². The number of benzene rings is 3. The van der Waals surface area contributed by atoms with Gasteiger partial charge in [0.1, 0.15) is 0 Å². The molecule has 0 aliphatic heterocycles. The molecule has 0 aliphatic carbocycles. The predicted octanol–water partition coefficient (Wildman–Crippen LogP) is 4.18. The predicted molar refractivity (Wildman–Crippen MR) is 103 cm³/mol. The van der Waals surface area contributed by atoms with E-state index < -0.39 is 11.9 Å². The van der Waals surface area contributed by atoms with Gasteiger partial charge in [0.25, 0.3) is 0 Å². The Morgan fingerprint density at radius 3 is 2.07 bits per heavy atom. The molecule has 0 saturated carbocycles. The molecule has 1 atom stereocenters. The fourth-order valence-corrected chi connectivity index (χ4v) is 3.20. The molecule has 0 fully saturated rings. The summed E-state index contributed by atoms with van der Waals surface area (Å²) in [5.74, 6) is -0.439. The Kier molecular flexibility index (Phi) is 6.42. The van der Waals surface area contributed by atoms with Crippen LogP contribution in [-0.4, -0.2) is 28.0 Å². The molecule has 1 radical (unpaired) electrons. The number of carbonyl (C=O) groups is 2. The molecule has 0 heterocycles. The third kappa shape index (κ3) is 5.07. The van der Waals surface area contributed by atoms with E-state index in [0.717, 1.165) is 0 Å². The van der Waals surface area contributed by atoms with Gasteiger partial charge in [0.15, 0.2) is 0 Å². The molecule has 0 saturated heterocycles. The SMILES string of the molecule is O=C(Oc1cccc(C(C[Se])C(=O)Oc2ccccc2)c1)c1ccccc1. The zero-order valence-electron chi connectivity index (χ0n) is 14.4. The van der Waals surface area contributed by atoms with Crippen LogP contribution in [0.4, 0.5) is 0 Å². The van der Waals surface area contributed by atoms with E-state index in [1.165, 1.54) is 0 Å². The van der Waals surface area contributed by atoms with Crippen LogP contribution in [0.25, 0.3) is 0 Å². The van der Waals surface area contributed by atoms with Crippen LogP contribution in [0.15, 0.2) is 84.9 Å². The first-order chi connectivity index (χ1) is 13.2. The number of ether oxygens (including phenoxy) is 2. The molecule has 0 aromatic heterocycles. The summed E-state index contributed by atoms with van der Waals surface area (Å²) >= 11 is 2.89. The van der Waals surface area contributed by atoms with Gasteiger partial charge in [-0.3, -0.25) is 0 Å². The zero-order valence-corrected chi connectivity index (χ0v) is 16.1. The van der Waals surface area contributed by atoms with E-state index in [1.807, 2.05) is 18.2 Å². The molecule has 0 amide bonds. The van der Waals surface area contributed by atoms with Gasteiger partial charge in [0, 0.05) is 0 Å². The van der Waals surface area contributed by atoms with Crippen molar-refractivity contribution in [2.45, 2.75) is 11.2 Å². The maximum absolute atomic E-state index is 12.5. The Balaban J connectivity index is 1.74. The summed E-state index contributed by atoms with van der Waals surface area (Å²) in [6, 6.07) is 24.6. The van der Waals surface area contributed by atoms with Gasteiger partial charge in [0.05, 0.1) is 0 Å². The quantitative estimate of drug-likeness (QED) is 0.339. The fraction of sp³-hybridized carbons (Fsp3) is 0.0909. The first-order valence-electron chi connectivity index (χ1n) is 8.39. The Bertz CT molecular complexity index is 910. The summed E-state index contributed by atoms with van der Waals surface area (Å²) in [6.45, 7) is 0. The van der Waals surface area contributed by atoms with Gasteiger partial charge in [-0.15, -0.1) is 0 Å². The van der Waals surface area contributed by atoms with E-state index in [9.17, 15) is 9.59 Å². The normalized spacial score (nSPS) is 11.4. The molecule has 0 aliphatic rings. The second-order valence-electron chi connectivity index (χ2n) is 5.78. The van der Waals surface area contributed by atoms with Crippen LogP contribution in [-0.2, 0) is 4.79 Å². The molecule has 3 aromatic carbocycles. The van der Waals surface area contributed by atoms with Gasteiger partial charge in [-0.25, -0.2) is 0 Å². The van der Waals surface area contributed by atoms with Crippen LogP contribution in [0.3, 0.4) is 0 Å². The van der Waals surface area contributed by atoms with Crippen LogP contribution in [0.1, 0.15) is 21.8 Å². The Hall–Kier alpha value is -2.88. The molecule has 135 valence electrons. The van der Waals surface area contributed by atoms with E-state index in [-0.39, 0.29) is 5.97 Å². The molecule has 0 spiro atoms. The first kappa shape index (κ1) is 18.9. The topological polar surface area (TPSA) is 52.6 Å². The summed E-state index contributed by atoms with van der Waals surface area (Å²) < 4.78 is 10.9. The van der Waals surface area contributed by atoms with E-state index in [1.54, 1.807) is 66.7 Å². The molecular formula is C22H17O4Se.